The van der Waals surface area contributed by atoms with E-state index >= 15 is 0 Å². The molecule has 0 fully saturated rings. The van der Waals surface area contributed by atoms with Gasteiger partial charge in [-0.1, -0.05) is 67.9 Å². The summed E-state index contributed by atoms with van der Waals surface area (Å²) in [5.41, 5.74) is 1.70. The fraction of sp³-hybridized carbons (Fsp3) is 0.105. The molecule has 2 aromatic carbocycles. The maximum atomic E-state index is 12.2. The Morgan fingerprint density at radius 2 is 1.96 bits per heavy atom. The highest BCUT2D eigenvalue weighted by Gasteiger charge is 2.13. The number of allylic oxidation sites excluding steroid dienone is 1. The summed E-state index contributed by atoms with van der Waals surface area (Å²) < 4.78 is 3.70. The highest BCUT2D eigenvalue weighted by Crippen LogP contribution is 2.24. The Morgan fingerprint density at radius 1 is 1.19 bits per heavy atom. The minimum atomic E-state index is -0.108. The molecular weight excluding hydrogens is 492 g/mol. The van der Waals surface area contributed by atoms with Crippen LogP contribution in [-0.2, 0) is 11.3 Å². The SMILES string of the molecule is C=CCn1nc(SCC(=O)Nc2cccc(Br)c2)nc1-c1ccc(Br)cc1. The van der Waals surface area contributed by atoms with Crippen molar-refractivity contribution in [3.05, 3.63) is 70.1 Å². The van der Waals surface area contributed by atoms with Gasteiger partial charge in [0.25, 0.3) is 0 Å². The van der Waals surface area contributed by atoms with Gasteiger partial charge in [-0.15, -0.1) is 11.7 Å². The Labute approximate surface area is 178 Å². The largest absolute Gasteiger partial charge is 0.325 e. The summed E-state index contributed by atoms with van der Waals surface area (Å²) in [6.45, 7) is 4.32. The molecule has 0 bridgehead atoms. The maximum absolute atomic E-state index is 12.2. The van der Waals surface area contributed by atoms with E-state index in [4.69, 9.17) is 0 Å². The third kappa shape index (κ3) is 5.54. The standard InChI is InChI=1S/C19H16Br2N4OS/c1-2-10-25-18(13-6-8-14(20)9-7-13)23-19(24-25)27-12-17(26)22-16-5-3-4-15(21)11-16/h2-9,11H,1,10,12H2,(H,22,26). The van der Waals surface area contributed by atoms with Gasteiger partial charge in [-0.3, -0.25) is 4.79 Å². The Kier molecular flexibility index (Phi) is 6.87. The van der Waals surface area contributed by atoms with Crippen LogP contribution in [0.25, 0.3) is 11.4 Å². The normalized spacial score (nSPS) is 10.6. The van der Waals surface area contributed by atoms with Crippen LogP contribution < -0.4 is 5.32 Å². The highest BCUT2D eigenvalue weighted by molar-refractivity contribution is 9.10. The molecule has 0 saturated carbocycles. The average molecular weight is 508 g/mol. The van der Waals surface area contributed by atoms with Gasteiger partial charge in [-0.25, -0.2) is 9.67 Å². The first-order valence-corrected chi connectivity index (χ1v) is 10.6. The van der Waals surface area contributed by atoms with E-state index in [2.05, 4.69) is 53.8 Å². The van der Waals surface area contributed by atoms with Crippen LogP contribution in [-0.4, -0.2) is 26.4 Å². The molecule has 0 unspecified atom stereocenters. The van der Waals surface area contributed by atoms with Crippen molar-refractivity contribution in [2.75, 3.05) is 11.1 Å². The van der Waals surface area contributed by atoms with Crippen LogP contribution in [0.5, 0.6) is 0 Å². The van der Waals surface area contributed by atoms with E-state index in [1.165, 1.54) is 11.8 Å². The van der Waals surface area contributed by atoms with Crippen molar-refractivity contribution in [3.63, 3.8) is 0 Å². The van der Waals surface area contributed by atoms with Crippen molar-refractivity contribution in [1.29, 1.82) is 0 Å². The van der Waals surface area contributed by atoms with Gasteiger partial charge in [0.15, 0.2) is 5.82 Å². The molecule has 0 spiro atoms. The molecule has 3 aromatic rings. The number of carbonyl (C=O) groups is 1. The molecule has 0 radical (unpaired) electrons. The topological polar surface area (TPSA) is 59.8 Å². The second-order valence-electron chi connectivity index (χ2n) is 5.54. The zero-order chi connectivity index (χ0) is 19.2. The Balaban J connectivity index is 1.69. The van der Waals surface area contributed by atoms with Crippen LogP contribution in [0.1, 0.15) is 0 Å². The number of hydrogen-bond donors (Lipinski definition) is 1. The van der Waals surface area contributed by atoms with Crippen molar-refractivity contribution in [2.24, 2.45) is 0 Å². The second kappa shape index (κ2) is 9.34. The molecule has 0 saturated heterocycles. The van der Waals surface area contributed by atoms with E-state index in [9.17, 15) is 4.79 Å². The number of benzene rings is 2. The number of anilines is 1. The molecule has 1 aromatic heterocycles. The lowest BCUT2D eigenvalue weighted by molar-refractivity contribution is -0.113. The van der Waals surface area contributed by atoms with Crippen molar-refractivity contribution < 1.29 is 4.79 Å². The minimum Gasteiger partial charge on any atom is -0.325 e. The van der Waals surface area contributed by atoms with Gasteiger partial charge in [0.1, 0.15) is 0 Å². The molecule has 1 N–H and O–H groups in total. The molecule has 0 atom stereocenters. The van der Waals surface area contributed by atoms with Crippen LogP contribution in [0.2, 0.25) is 0 Å². The van der Waals surface area contributed by atoms with Gasteiger partial charge < -0.3 is 5.32 Å². The number of carbonyl (C=O) groups excluding carboxylic acids is 1. The average Bonchev–Trinajstić information content (AvgIpc) is 3.04. The predicted octanol–water partition coefficient (Wildman–Crippen LogP) is 5.39. The van der Waals surface area contributed by atoms with E-state index in [-0.39, 0.29) is 11.7 Å². The Morgan fingerprint density at radius 3 is 2.67 bits per heavy atom. The van der Waals surface area contributed by atoms with Crippen molar-refractivity contribution >= 4 is 55.2 Å². The third-order valence-electron chi connectivity index (χ3n) is 3.50. The van der Waals surface area contributed by atoms with Gasteiger partial charge in [0.2, 0.25) is 11.1 Å². The molecule has 0 aliphatic heterocycles. The fourth-order valence-electron chi connectivity index (χ4n) is 2.34. The Hall–Kier alpha value is -1.90. The number of rotatable bonds is 7. The summed E-state index contributed by atoms with van der Waals surface area (Å²) in [7, 11) is 0. The highest BCUT2D eigenvalue weighted by atomic mass is 79.9. The second-order valence-corrected chi connectivity index (χ2v) is 8.32. The summed E-state index contributed by atoms with van der Waals surface area (Å²) >= 11 is 8.12. The smallest absolute Gasteiger partial charge is 0.234 e. The molecule has 138 valence electrons. The lowest BCUT2D eigenvalue weighted by Crippen LogP contribution is -2.14. The number of nitrogens with zero attached hydrogens (tertiary/aromatic N) is 3. The molecule has 1 heterocycles. The van der Waals surface area contributed by atoms with Crippen molar-refractivity contribution in [1.82, 2.24) is 14.8 Å². The summed E-state index contributed by atoms with van der Waals surface area (Å²) in [5, 5.41) is 7.91. The number of amides is 1. The molecule has 27 heavy (non-hydrogen) atoms. The summed E-state index contributed by atoms with van der Waals surface area (Å²) in [6.07, 6.45) is 1.77. The first-order valence-electron chi connectivity index (χ1n) is 8.05. The van der Waals surface area contributed by atoms with Crippen LogP contribution in [0.3, 0.4) is 0 Å². The minimum absolute atomic E-state index is 0.108. The molecular formula is C19H16Br2N4OS. The molecule has 8 heteroatoms. The van der Waals surface area contributed by atoms with Crippen molar-refractivity contribution in [3.8, 4) is 11.4 Å². The van der Waals surface area contributed by atoms with Crippen LogP contribution in [0.15, 0.2) is 75.3 Å². The third-order valence-corrected chi connectivity index (χ3v) is 5.36. The first-order chi connectivity index (χ1) is 13.0. The Bertz CT molecular complexity index is 957. The van der Waals surface area contributed by atoms with Gasteiger partial charge in [-0.05, 0) is 30.3 Å². The van der Waals surface area contributed by atoms with Crippen LogP contribution in [0.4, 0.5) is 5.69 Å². The van der Waals surface area contributed by atoms with E-state index < -0.39 is 0 Å². The first kappa shape index (κ1) is 19.9. The lowest BCUT2D eigenvalue weighted by atomic mass is 10.2. The number of hydrogen-bond acceptors (Lipinski definition) is 4. The molecule has 1 amide bonds. The van der Waals surface area contributed by atoms with E-state index in [1.54, 1.807) is 10.8 Å². The van der Waals surface area contributed by atoms with Crippen LogP contribution in [0, 0.1) is 0 Å². The number of nitrogens with one attached hydrogen (secondary N) is 1. The van der Waals surface area contributed by atoms with Gasteiger partial charge in [0, 0.05) is 20.2 Å². The zero-order valence-corrected chi connectivity index (χ0v) is 18.2. The zero-order valence-electron chi connectivity index (χ0n) is 14.2. The summed E-state index contributed by atoms with van der Waals surface area (Å²) in [4.78, 5) is 16.8. The van der Waals surface area contributed by atoms with Gasteiger partial charge >= 0.3 is 0 Å². The summed E-state index contributed by atoms with van der Waals surface area (Å²) in [6, 6.07) is 15.3. The van der Waals surface area contributed by atoms with Crippen molar-refractivity contribution in [2.45, 2.75) is 11.7 Å². The fourth-order valence-corrected chi connectivity index (χ4v) is 3.64. The van der Waals surface area contributed by atoms with E-state index in [1.807, 2.05) is 48.5 Å². The van der Waals surface area contributed by atoms with E-state index in [0.29, 0.717) is 11.7 Å². The molecule has 0 aliphatic carbocycles. The maximum Gasteiger partial charge on any atom is 0.234 e. The number of halogens is 2. The quantitative estimate of drug-likeness (QED) is 0.344. The monoisotopic (exact) mass is 506 g/mol. The van der Waals surface area contributed by atoms with Gasteiger partial charge in [0.05, 0.1) is 12.3 Å². The van der Waals surface area contributed by atoms with Gasteiger partial charge in [-0.2, -0.15) is 0 Å². The number of thioether (sulfide) groups is 1. The molecule has 5 nitrogen and oxygen atoms in total. The molecule has 3 rings (SSSR count). The van der Waals surface area contributed by atoms with Crippen LogP contribution >= 0.6 is 43.6 Å². The summed E-state index contributed by atoms with van der Waals surface area (Å²) in [5.74, 6) is 0.866. The lowest BCUT2D eigenvalue weighted by Gasteiger charge is -2.04. The number of aromatic nitrogens is 3. The predicted molar refractivity (Wildman–Crippen MR) is 117 cm³/mol. The van der Waals surface area contributed by atoms with E-state index in [0.717, 1.165) is 26.0 Å². The molecule has 0 aliphatic rings.